The standard InChI is InChI=1S/C15H19ClN4/c1-14(2,9-17)12-5-11(8-19-20-16)6-13(7-12)15(3,4)10-18/h5-7,19-20H,8H2,1-4H3. The maximum atomic E-state index is 9.30. The number of nitrogens with zero attached hydrogens (tertiary/aromatic N) is 2. The molecule has 0 spiro atoms. The van der Waals surface area contributed by atoms with E-state index >= 15 is 0 Å². The molecule has 5 heteroatoms. The summed E-state index contributed by atoms with van der Waals surface area (Å²) in [6, 6.07) is 10.4. The highest BCUT2D eigenvalue weighted by atomic mass is 35.5. The van der Waals surface area contributed by atoms with Gasteiger partial charge in [-0.3, -0.25) is 0 Å². The maximum Gasteiger partial charge on any atom is 0.0766 e. The van der Waals surface area contributed by atoms with Gasteiger partial charge >= 0.3 is 0 Å². The predicted molar refractivity (Wildman–Crippen MR) is 79.5 cm³/mol. The van der Waals surface area contributed by atoms with Crippen LogP contribution in [0.2, 0.25) is 0 Å². The lowest BCUT2D eigenvalue weighted by Gasteiger charge is -2.23. The highest BCUT2D eigenvalue weighted by molar-refractivity contribution is 6.13. The number of hydrazine groups is 1. The topological polar surface area (TPSA) is 71.6 Å². The zero-order valence-electron chi connectivity index (χ0n) is 12.2. The van der Waals surface area contributed by atoms with Crippen molar-refractivity contribution in [2.75, 3.05) is 0 Å². The monoisotopic (exact) mass is 290 g/mol. The molecule has 0 fully saturated rings. The molecule has 2 N–H and O–H groups in total. The molecule has 0 aromatic heterocycles. The third kappa shape index (κ3) is 3.71. The number of hydrogen-bond acceptors (Lipinski definition) is 4. The second kappa shape index (κ2) is 6.24. The Labute approximate surface area is 125 Å². The molecule has 1 aromatic rings. The minimum absolute atomic E-state index is 0.507. The van der Waals surface area contributed by atoms with Crippen LogP contribution in [0.4, 0.5) is 0 Å². The molecule has 106 valence electrons. The van der Waals surface area contributed by atoms with Gasteiger partial charge < -0.3 is 0 Å². The average Bonchev–Trinajstić information content (AvgIpc) is 2.44. The molecule has 1 aromatic carbocycles. The van der Waals surface area contributed by atoms with E-state index in [2.05, 4.69) is 22.5 Å². The van der Waals surface area contributed by atoms with Crippen molar-refractivity contribution in [1.29, 1.82) is 10.5 Å². The molecule has 4 nitrogen and oxygen atoms in total. The van der Waals surface area contributed by atoms with E-state index in [9.17, 15) is 10.5 Å². The molecule has 0 amide bonds. The molecule has 0 heterocycles. The molecule has 0 aliphatic carbocycles. The third-order valence-corrected chi connectivity index (χ3v) is 3.49. The Morgan fingerprint density at radius 3 is 1.80 bits per heavy atom. The van der Waals surface area contributed by atoms with Crippen molar-refractivity contribution in [1.82, 2.24) is 10.4 Å². The summed E-state index contributed by atoms with van der Waals surface area (Å²) in [4.78, 5) is 2.35. The first-order chi connectivity index (χ1) is 9.26. The van der Waals surface area contributed by atoms with Gasteiger partial charge in [0.05, 0.1) is 23.0 Å². The van der Waals surface area contributed by atoms with Crippen LogP contribution in [0.15, 0.2) is 18.2 Å². The molecular formula is C15H19ClN4. The normalized spacial score (nSPS) is 11.8. The number of nitriles is 2. The van der Waals surface area contributed by atoms with Gasteiger partial charge in [-0.25, -0.2) is 5.43 Å². The highest BCUT2D eigenvalue weighted by Crippen LogP contribution is 2.30. The summed E-state index contributed by atoms with van der Waals surface area (Å²) in [5, 5.41) is 18.6. The Morgan fingerprint density at radius 2 is 1.45 bits per heavy atom. The first kappa shape index (κ1) is 16.5. The van der Waals surface area contributed by atoms with Gasteiger partial charge in [-0.15, -0.1) is 0 Å². The van der Waals surface area contributed by atoms with Gasteiger partial charge in [0.25, 0.3) is 0 Å². The third-order valence-electron chi connectivity index (χ3n) is 3.35. The van der Waals surface area contributed by atoms with Gasteiger partial charge in [0.15, 0.2) is 0 Å². The van der Waals surface area contributed by atoms with E-state index in [-0.39, 0.29) is 0 Å². The van der Waals surface area contributed by atoms with Crippen molar-refractivity contribution in [2.45, 2.75) is 45.1 Å². The SMILES string of the molecule is CC(C)(C#N)c1cc(CNNCl)cc(C(C)(C)C#N)c1. The lowest BCUT2D eigenvalue weighted by Crippen LogP contribution is -2.24. The second-order valence-corrected chi connectivity index (χ2v) is 6.03. The predicted octanol–water partition coefficient (Wildman–Crippen LogP) is 3.04. The molecule has 0 radical (unpaired) electrons. The fourth-order valence-corrected chi connectivity index (χ4v) is 1.85. The number of rotatable bonds is 5. The molecular weight excluding hydrogens is 272 g/mol. The molecule has 0 aliphatic heterocycles. The summed E-state index contributed by atoms with van der Waals surface area (Å²) >= 11 is 5.40. The first-order valence-electron chi connectivity index (χ1n) is 6.33. The van der Waals surface area contributed by atoms with E-state index in [1.165, 1.54) is 0 Å². The molecule has 0 saturated carbocycles. The summed E-state index contributed by atoms with van der Waals surface area (Å²) in [7, 11) is 0. The van der Waals surface area contributed by atoms with Crippen LogP contribution in [0.25, 0.3) is 0 Å². The number of hydrogen-bond donors (Lipinski definition) is 2. The zero-order chi connectivity index (χ0) is 15.4. The van der Waals surface area contributed by atoms with E-state index in [4.69, 9.17) is 11.8 Å². The molecule has 20 heavy (non-hydrogen) atoms. The number of nitrogens with one attached hydrogen (secondary N) is 2. The van der Waals surface area contributed by atoms with Crippen molar-refractivity contribution < 1.29 is 0 Å². The van der Waals surface area contributed by atoms with Crippen LogP contribution in [0.1, 0.15) is 44.4 Å². The van der Waals surface area contributed by atoms with Crippen molar-refractivity contribution in [3.8, 4) is 12.1 Å². The smallest absolute Gasteiger partial charge is 0.0766 e. The zero-order valence-corrected chi connectivity index (χ0v) is 13.0. The summed E-state index contributed by atoms with van der Waals surface area (Å²) in [5.41, 5.74) is 4.36. The Balaban J connectivity index is 3.37. The lowest BCUT2D eigenvalue weighted by molar-refractivity contribution is 0.644. The molecule has 0 unspecified atom stereocenters. The molecule has 0 bridgehead atoms. The van der Waals surface area contributed by atoms with Gasteiger partial charge in [-0.2, -0.15) is 15.5 Å². The Hall–Kier alpha value is -1.59. The Bertz CT molecular complexity index is 520. The Morgan fingerprint density at radius 1 is 1.00 bits per heavy atom. The van der Waals surface area contributed by atoms with Crippen LogP contribution in [-0.2, 0) is 17.4 Å². The molecule has 1 rings (SSSR count). The lowest BCUT2D eigenvalue weighted by atomic mass is 9.79. The molecule has 0 saturated heterocycles. The van der Waals surface area contributed by atoms with E-state index in [0.717, 1.165) is 16.7 Å². The van der Waals surface area contributed by atoms with Gasteiger partial charge in [-0.1, -0.05) is 18.2 Å². The van der Waals surface area contributed by atoms with E-state index in [1.54, 1.807) is 0 Å². The van der Waals surface area contributed by atoms with Gasteiger partial charge in [-0.05, 0) is 56.2 Å². The van der Waals surface area contributed by atoms with Gasteiger partial charge in [0.2, 0.25) is 0 Å². The van der Waals surface area contributed by atoms with Gasteiger partial charge in [0.1, 0.15) is 0 Å². The van der Waals surface area contributed by atoms with Crippen LogP contribution in [0, 0.1) is 22.7 Å². The minimum Gasteiger partial charge on any atom is -0.239 e. The number of halogens is 1. The van der Waals surface area contributed by atoms with Crippen LogP contribution in [0.3, 0.4) is 0 Å². The highest BCUT2D eigenvalue weighted by Gasteiger charge is 2.25. The van der Waals surface area contributed by atoms with Crippen molar-refractivity contribution in [3.63, 3.8) is 0 Å². The summed E-state index contributed by atoms with van der Waals surface area (Å²) in [6.07, 6.45) is 0. The van der Waals surface area contributed by atoms with Gasteiger partial charge in [0, 0.05) is 6.54 Å². The first-order valence-corrected chi connectivity index (χ1v) is 6.70. The van der Waals surface area contributed by atoms with E-state index in [0.29, 0.717) is 6.54 Å². The number of benzene rings is 1. The van der Waals surface area contributed by atoms with Crippen molar-refractivity contribution in [2.24, 2.45) is 0 Å². The largest absolute Gasteiger partial charge is 0.239 e. The minimum atomic E-state index is -0.606. The fourth-order valence-electron chi connectivity index (χ4n) is 1.78. The summed E-state index contributed by atoms with van der Waals surface area (Å²) in [5.74, 6) is 0. The van der Waals surface area contributed by atoms with Crippen LogP contribution >= 0.6 is 11.8 Å². The molecule has 0 atom stereocenters. The van der Waals surface area contributed by atoms with Crippen molar-refractivity contribution in [3.05, 3.63) is 34.9 Å². The van der Waals surface area contributed by atoms with E-state index in [1.807, 2.05) is 45.9 Å². The Kier molecular flexibility index (Phi) is 5.14. The molecule has 0 aliphatic rings. The van der Waals surface area contributed by atoms with Crippen LogP contribution in [0.5, 0.6) is 0 Å². The second-order valence-electron chi connectivity index (χ2n) is 5.84. The summed E-state index contributed by atoms with van der Waals surface area (Å²) in [6.45, 7) is 7.96. The fraction of sp³-hybridized carbons (Fsp3) is 0.467. The summed E-state index contributed by atoms with van der Waals surface area (Å²) < 4.78 is 0. The maximum absolute atomic E-state index is 9.30. The van der Waals surface area contributed by atoms with Crippen molar-refractivity contribution >= 4 is 11.8 Å². The average molecular weight is 291 g/mol. The van der Waals surface area contributed by atoms with Crippen LogP contribution in [-0.4, -0.2) is 0 Å². The quantitative estimate of drug-likeness (QED) is 0.646. The van der Waals surface area contributed by atoms with Crippen LogP contribution < -0.4 is 10.4 Å². The van der Waals surface area contributed by atoms with E-state index < -0.39 is 10.8 Å².